The van der Waals surface area contributed by atoms with Crippen LogP contribution in [0.5, 0.6) is 0 Å². The Kier molecular flexibility index (Phi) is 3.91. The van der Waals surface area contributed by atoms with Gasteiger partial charge in [0.2, 0.25) is 0 Å². The minimum Gasteiger partial charge on any atom is -0.294 e. The van der Waals surface area contributed by atoms with E-state index in [0.29, 0.717) is 0 Å². The van der Waals surface area contributed by atoms with Gasteiger partial charge in [0.1, 0.15) is 0 Å². The second-order valence-corrected chi connectivity index (χ2v) is 4.02. The topological polar surface area (TPSA) is 17.1 Å². The molecule has 0 fully saturated rings. The van der Waals surface area contributed by atoms with Gasteiger partial charge in [0.25, 0.3) is 0 Å². The molecule has 86 valence electrons. The molecule has 0 radical (unpaired) electrons. The molecule has 0 aliphatic heterocycles. The quantitative estimate of drug-likeness (QED) is 0.602. The molecule has 0 aromatic heterocycles. The van der Waals surface area contributed by atoms with E-state index < -0.39 is 17.5 Å². The highest BCUT2D eigenvalue weighted by atomic mass is 79.9. The van der Waals surface area contributed by atoms with E-state index in [4.69, 9.17) is 0 Å². The third-order valence-corrected chi connectivity index (χ3v) is 2.41. The lowest BCUT2D eigenvalue weighted by Crippen LogP contribution is -2.12. The van der Waals surface area contributed by atoms with Gasteiger partial charge in [-0.1, -0.05) is 22.0 Å². The van der Waals surface area contributed by atoms with Crippen molar-refractivity contribution >= 4 is 21.7 Å². The van der Waals surface area contributed by atoms with E-state index in [1.54, 1.807) is 0 Å². The Bertz CT molecular complexity index is 424. The number of carbonyl (C=O) groups excluding carboxylic acids is 1. The summed E-state index contributed by atoms with van der Waals surface area (Å²) in [4.78, 5) is 11.4. The van der Waals surface area contributed by atoms with Crippen LogP contribution in [0.2, 0.25) is 0 Å². The summed E-state index contributed by atoms with van der Waals surface area (Å²) in [6.45, 7) is 3.32. The summed E-state index contributed by atoms with van der Waals surface area (Å²) in [5, 5.41) is 0. The third kappa shape index (κ3) is 2.95. The van der Waals surface area contributed by atoms with Crippen LogP contribution in [0.4, 0.5) is 13.2 Å². The van der Waals surface area contributed by atoms with Crippen molar-refractivity contribution in [2.45, 2.75) is 12.6 Å². The third-order valence-electron chi connectivity index (χ3n) is 1.92. The monoisotopic (exact) mass is 292 g/mol. The highest BCUT2D eigenvalue weighted by molar-refractivity contribution is 9.10. The van der Waals surface area contributed by atoms with Crippen LogP contribution >= 0.6 is 15.9 Å². The van der Waals surface area contributed by atoms with Gasteiger partial charge < -0.3 is 0 Å². The lowest BCUT2D eigenvalue weighted by molar-refractivity contribution is -0.137. The summed E-state index contributed by atoms with van der Waals surface area (Å²) in [5.41, 5.74) is -1.25. The predicted octanol–water partition coefficient (Wildman–Crippen LogP) is 4.23. The minimum absolute atomic E-state index is 0.106. The average molecular weight is 293 g/mol. The zero-order valence-electron chi connectivity index (χ0n) is 8.14. The molecule has 1 rings (SSSR count). The van der Waals surface area contributed by atoms with Crippen LogP contribution in [-0.2, 0) is 6.18 Å². The number of hydrogen-bond acceptors (Lipinski definition) is 1. The number of allylic oxidation sites excluding steroid dienone is 1. The van der Waals surface area contributed by atoms with Gasteiger partial charge in [0, 0.05) is 16.5 Å². The maximum Gasteiger partial charge on any atom is 0.417 e. The number of benzene rings is 1. The van der Waals surface area contributed by atoms with E-state index in [2.05, 4.69) is 22.5 Å². The van der Waals surface area contributed by atoms with Crippen LogP contribution in [0.3, 0.4) is 0 Å². The molecule has 0 spiro atoms. The lowest BCUT2D eigenvalue weighted by Gasteiger charge is -2.11. The van der Waals surface area contributed by atoms with Crippen LogP contribution in [-0.4, -0.2) is 5.78 Å². The molecule has 0 aliphatic carbocycles. The molecule has 0 aliphatic rings. The lowest BCUT2D eigenvalue weighted by atomic mass is 10.0. The molecule has 5 heteroatoms. The first-order chi connectivity index (χ1) is 7.36. The van der Waals surface area contributed by atoms with Crippen LogP contribution in [0.1, 0.15) is 22.3 Å². The molecule has 1 aromatic carbocycles. The highest BCUT2D eigenvalue weighted by Crippen LogP contribution is 2.34. The van der Waals surface area contributed by atoms with E-state index in [-0.39, 0.29) is 16.5 Å². The molecule has 0 saturated heterocycles. The Balaban J connectivity index is 3.28. The van der Waals surface area contributed by atoms with E-state index in [9.17, 15) is 18.0 Å². The molecule has 0 amide bonds. The molecule has 16 heavy (non-hydrogen) atoms. The minimum atomic E-state index is -4.53. The van der Waals surface area contributed by atoms with Gasteiger partial charge in [-0.25, -0.2) is 0 Å². The van der Waals surface area contributed by atoms with Gasteiger partial charge in [0.15, 0.2) is 5.78 Å². The van der Waals surface area contributed by atoms with Gasteiger partial charge in [-0.3, -0.25) is 4.79 Å². The summed E-state index contributed by atoms with van der Waals surface area (Å²) in [7, 11) is 0. The predicted molar refractivity (Wildman–Crippen MR) is 58.3 cm³/mol. The van der Waals surface area contributed by atoms with E-state index >= 15 is 0 Å². The van der Waals surface area contributed by atoms with Crippen LogP contribution in [0.25, 0.3) is 0 Å². The van der Waals surface area contributed by atoms with Crippen LogP contribution in [0, 0.1) is 0 Å². The first-order valence-corrected chi connectivity index (χ1v) is 5.16. The van der Waals surface area contributed by atoms with Gasteiger partial charge in [-0.05, 0) is 18.2 Å². The second-order valence-electron chi connectivity index (χ2n) is 3.10. The number of ketones is 1. The molecule has 0 saturated carbocycles. The summed E-state index contributed by atoms with van der Waals surface area (Å²) in [6, 6.07) is 3.47. The summed E-state index contributed by atoms with van der Waals surface area (Å²) in [6.07, 6.45) is -3.36. The Labute approximate surface area is 99.1 Å². The maximum absolute atomic E-state index is 12.6. The number of halogens is 4. The van der Waals surface area contributed by atoms with Gasteiger partial charge in [0.05, 0.1) is 5.56 Å². The van der Waals surface area contributed by atoms with Gasteiger partial charge in [-0.15, -0.1) is 6.58 Å². The molecule has 0 N–H and O–H groups in total. The molecule has 1 nitrogen and oxygen atoms in total. The van der Waals surface area contributed by atoms with Crippen molar-refractivity contribution in [2.75, 3.05) is 0 Å². The number of alkyl halides is 3. The largest absolute Gasteiger partial charge is 0.417 e. The Morgan fingerprint density at radius 1 is 1.44 bits per heavy atom. The molecular weight excluding hydrogens is 285 g/mol. The van der Waals surface area contributed by atoms with Gasteiger partial charge in [-0.2, -0.15) is 13.2 Å². The number of hydrogen-bond donors (Lipinski definition) is 0. The average Bonchev–Trinajstić information content (AvgIpc) is 2.16. The van der Waals surface area contributed by atoms with Crippen LogP contribution in [0.15, 0.2) is 35.3 Å². The standard InChI is InChI=1S/C11H8BrF3O/c1-2-3-10(16)8-5-4-7(12)6-9(8)11(13,14)15/h2,4-6H,1,3H2. The maximum atomic E-state index is 12.6. The fourth-order valence-electron chi connectivity index (χ4n) is 1.24. The van der Waals surface area contributed by atoms with Crippen molar-refractivity contribution in [3.63, 3.8) is 0 Å². The molecule has 1 aromatic rings. The zero-order chi connectivity index (χ0) is 12.3. The first-order valence-electron chi connectivity index (χ1n) is 4.37. The smallest absolute Gasteiger partial charge is 0.294 e. The van der Waals surface area contributed by atoms with Crippen molar-refractivity contribution in [1.82, 2.24) is 0 Å². The van der Waals surface area contributed by atoms with Crippen molar-refractivity contribution in [1.29, 1.82) is 0 Å². The molecule has 0 unspecified atom stereocenters. The summed E-state index contributed by atoms with van der Waals surface area (Å²) in [5.74, 6) is -0.588. The van der Waals surface area contributed by atoms with Crippen LogP contribution < -0.4 is 0 Å². The van der Waals surface area contributed by atoms with Crippen molar-refractivity contribution < 1.29 is 18.0 Å². The number of rotatable bonds is 3. The highest BCUT2D eigenvalue weighted by Gasteiger charge is 2.34. The van der Waals surface area contributed by atoms with Crippen molar-refractivity contribution in [3.05, 3.63) is 46.5 Å². The first kappa shape index (κ1) is 13.0. The fourth-order valence-corrected chi connectivity index (χ4v) is 1.60. The molecule has 0 bridgehead atoms. The summed E-state index contributed by atoms with van der Waals surface area (Å²) >= 11 is 2.95. The number of carbonyl (C=O) groups is 1. The zero-order valence-corrected chi connectivity index (χ0v) is 9.73. The normalized spacial score (nSPS) is 11.2. The van der Waals surface area contributed by atoms with E-state index in [1.165, 1.54) is 18.2 Å². The molecule has 0 atom stereocenters. The fraction of sp³-hybridized carbons (Fsp3) is 0.182. The Hall–Kier alpha value is -1.10. The summed E-state index contributed by atoms with van der Waals surface area (Å²) < 4.78 is 38.2. The van der Waals surface area contributed by atoms with Crippen molar-refractivity contribution in [2.24, 2.45) is 0 Å². The SMILES string of the molecule is C=CCC(=O)c1ccc(Br)cc1C(F)(F)F. The Morgan fingerprint density at radius 2 is 2.06 bits per heavy atom. The van der Waals surface area contributed by atoms with Crippen molar-refractivity contribution in [3.8, 4) is 0 Å². The number of Topliss-reactive ketones (excluding diaryl/α,β-unsaturated/α-hetero) is 1. The Morgan fingerprint density at radius 3 is 2.56 bits per heavy atom. The van der Waals surface area contributed by atoms with E-state index in [1.807, 2.05) is 0 Å². The second kappa shape index (κ2) is 4.82. The van der Waals surface area contributed by atoms with E-state index in [0.717, 1.165) is 6.07 Å². The molecular formula is C11H8BrF3O. The molecule has 0 heterocycles. The van der Waals surface area contributed by atoms with Gasteiger partial charge >= 0.3 is 6.18 Å².